The molecule has 0 unspecified atom stereocenters. The lowest BCUT2D eigenvalue weighted by atomic mass is 10.0. The lowest BCUT2D eigenvalue weighted by Gasteiger charge is -2.25. The summed E-state index contributed by atoms with van der Waals surface area (Å²) in [5.74, 6) is -0.534. The average molecular weight is 388 g/mol. The van der Waals surface area contributed by atoms with E-state index in [1.54, 1.807) is 24.3 Å². The van der Waals surface area contributed by atoms with Crippen LogP contribution in [0.5, 0.6) is 5.75 Å². The van der Waals surface area contributed by atoms with E-state index >= 15 is 0 Å². The van der Waals surface area contributed by atoms with Crippen LogP contribution < -0.4 is 15.4 Å². The third kappa shape index (κ3) is 4.59. The van der Waals surface area contributed by atoms with E-state index in [-0.39, 0.29) is 6.04 Å². The van der Waals surface area contributed by atoms with Crippen molar-refractivity contribution in [2.24, 2.45) is 0 Å². The summed E-state index contributed by atoms with van der Waals surface area (Å²) in [6.07, 6.45) is 0.885. The van der Waals surface area contributed by atoms with E-state index in [2.05, 4.69) is 16.7 Å². The summed E-state index contributed by atoms with van der Waals surface area (Å²) in [6, 6.07) is 12.8. The van der Waals surface area contributed by atoms with Gasteiger partial charge in [-0.25, -0.2) is 0 Å². The molecule has 2 N–H and O–H groups in total. The minimum absolute atomic E-state index is 0.0621. The Hall–Kier alpha value is -2.57. The van der Waals surface area contributed by atoms with Gasteiger partial charge in [0.05, 0.1) is 23.4 Å². The van der Waals surface area contributed by atoms with Gasteiger partial charge in [0.25, 0.3) is 0 Å². The maximum Gasteiger partial charge on any atom is 0.313 e. The molecule has 6 nitrogen and oxygen atoms in total. The zero-order chi connectivity index (χ0) is 19.4. The van der Waals surface area contributed by atoms with E-state index in [0.29, 0.717) is 23.9 Å². The standard InChI is InChI=1S/C20H22ClN3O3/c1-24(2)17(13-7-8-18-14(11-13)9-10-27-18)12-22-19(25)20(26)23-16-6-4-3-5-15(16)21/h3-8,11,17H,9-10,12H2,1-2H3,(H,22,25)(H,23,26)/t17-/m0/s1. The summed E-state index contributed by atoms with van der Waals surface area (Å²) in [4.78, 5) is 26.3. The molecule has 142 valence electrons. The first-order chi connectivity index (χ1) is 13.0. The zero-order valence-electron chi connectivity index (χ0n) is 15.3. The quantitative estimate of drug-likeness (QED) is 0.774. The number of halogens is 1. The molecule has 2 aromatic carbocycles. The minimum atomic E-state index is -0.747. The minimum Gasteiger partial charge on any atom is -0.493 e. The first-order valence-electron chi connectivity index (χ1n) is 8.71. The summed E-state index contributed by atoms with van der Waals surface area (Å²) in [7, 11) is 3.87. The SMILES string of the molecule is CN(C)[C@@H](CNC(=O)C(=O)Nc1ccccc1Cl)c1ccc2c(c1)CCO2. The van der Waals surface area contributed by atoms with Crippen molar-refractivity contribution >= 4 is 29.1 Å². The summed E-state index contributed by atoms with van der Waals surface area (Å²) < 4.78 is 5.54. The zero-order valence-corrected chi connectivity index (χ0v) is 16.0. The summed E-state index contributed by atoms with van der Waals surface area (Å²) >= 11 is 6.01. The van der Waals surface area contributed by atoms with Gasteiger partial charge in [0.1, 0.15) is 5.75 Å². The van der Waals surface area contributed by atoms with Gasteiger partial charge in [-0.15, -0.1) is 0 Å². The second-order valence-electron chi connectivity index (χ2n) is 6.59. The molecule has 3 rings (SSSR count). The van der Waals surface area contributed by atoms with Gasteiger partial charge in [0.2, 0.25) is 0 Å². The van der Waals surface area contributed by atoms with Gasteiger partial charge in [0.15, 0.2) is 0 Å². The molecule has 1 heterocycles. The van der Waals surface area contributed by atoms with Crippen molar-refractivity contribution in [3.8, 4) is 5.75 Å². The molecule has 1 aliphatic rings. The number of amides is 2. The highest BCUT2D eigenvalue weighted by Crippen LogP contribution is 2.29. The predicted molar refractivity (Wildman–Crippen MR) is 105 cm³/mol. The summed E-state index contributed by atoms with van der Waals surface area (Å²) in [5.41, 5.74) is 2.64. The van der Waals surface area contributed by atoms with Crippen LogP contribution in [-0.4, -0.2) is 44.0 Å². The van der Waals surface area contributed by atoms with Crippen LogP contribution in [0.4, 0.5) is 5.69 Å². The molecule has 1 atom stereocenters. The Morgan fingerprint density at radius 2 is 1.96 bits per heavy atom. The highest BCUT2D eigenvalue weighted by atomic mass is 35.5. The van der Waals surface area contributed by atoms with Gasteiger partial charge in [0, 0.05) is 13.0 Å². The largest absolute Gasteiger partial charge is 0.493 e. The van der Waals surface area contributed by atoms with E-state index in [1.807, 2.05) is 31.1 Å². The molecular weight excluding hydrogens is 366 g/mol. The van der Waals surface area contributed by atoms with E-state index in [1.165, 1.54) is 5.56 Å². The van der Waals surface area contributed by atoms with Gasteiger partial charge in [-0.3, -0.25) is 9.59 Å². The monoisotopic (exact) mass is 387 g/mol. The number of likely N-dealkylation sites (N-methyl/N-ethyl adjacent to an activating group) is 1. The first-order valence-corrected chi connectivity index (χ1v) is 9.09. The van der Waals surface area contributed by atoms with E-state index in [9.17, 15) is 9.59 Å². The van der Waals surface area contributed by atoms with Crippen LogP contribution in [0, 0.1) is 0 Å². The number of hydrogen-bond donors (Lipinski definition) is 2. The van der Waals surface area contributed by atoms with Crippen LogP contribution in [0.3, 0.4) is 0 Å². The Kier molecular flexibility index (Phi) is 5.98. The third-order valence-corrected chi connectivity index (χ3v) is 4.84. The van der Waals surface area contributed by atoms with Crippen molar-refractivity contribution in [1.29, 1.82) is 0 Å². The molecule has 1 aliphatic heterocycles. The number of nitrogens with one attached hydrogen (secondary N) is 2. The fourth-order valence-electron chi connectivity index (χ4n) is 3.02. The molecule has 2 amide bonds. The van der Waals surface area contributed by atoms with Crippen molar-refractivity contribution < 1.29 is 14.3 Å². The molecular formula is C20H22ClN3O3. The molecule has 27 heavy (non-hydrogen) atoms. The third-order valence-electron chi connectivity index (χ3n) is 4.51. The first kappa shape index (κ1) is 19.2. The van der Waals surface area contributed by atoms with Crippen LogP contribution in [0.15, 0.2) is 42.5 Å². The molecule has 0 spiro atoms. The number of carbonyl (C=O) groups is 2. The maximum atomic E-state index is 12.2. The fraction of sp³-hybridized carbons (Fsp3) is 0.300. The van der Waals surface area contributed by atoms with Gasteiger partial charge in [-0.2, -0.15) is 0 Å². The Labute approximate surface area is 163 Å². The molecule has 0 radical (unpaired) electrons. The number of nitrogens with zero attached hydrogens (tertiary/aromatic N) is 1. The highest BCUT2D eigenvalue weighted by molar-refractivity contribution is 6.41. The molecule has 0 saturated heterocycles. The second-order valence-corrected chi connectivity index (χ2v) is 7.00. The molecule has 0 aromatic heterocycles. The van der Waals surface area contributed by atoms with Gasteiger partial charge in [-0.1, -0.05) is 35.9 Å². The van der Waals surface area contributed by atoms with Gasteiger partial charge >= 0.3 is 11.8 Å². The Bertz CT molecular complexity index is 854. The molecule has 0 saturated carbocycles. The number of rotatable bonds is 5. The van der Waals surface area contributed by atoms with E-state index < -0.39 is 11.8 Å². The Morgan fingerprint density at radius 3 is 2.70 bits per heavy atom. The van der Waals surface area contributed by atoms with Crippen molar-refractivity contribution in [2.45, 2.75) is 12.5 Å². The van der Waals surface area contributed by atoms with E-state index in [4.69, 9.17) is 16.3 Å². The van der Waals surface area contributed by atoms with Crippen LogP contribution in [0.25, 0.3) is 0 Å². The number of carbonyl (C=O) groups excluding carboxylic acids is 2. The Balaban J connectivity index is 1.63. The maximum absolute atomic E-state index is 12.2. The molecule has 0 bridgehead atoms. The van der Waals surface area contributed by atoms with Crippen LogP contribution in [-0.2, 0) is 16.0 Å². The van der Waals surface area contributed by atoms with Gasteiger partial charge < -0.3 is 20.3 Å². The van der Waals surface area contributed by atoms with Crippen molar-refractivity contribution in [2.75, 3.05) is 32.6 Å². The number of ether oxygens (including phenoxy) is 1. The number of para-hydroxylation sites is 1. The average Bonchev–Trinajstić information content (AvgIpc) is 3.11. The second kappa shape index (κ2) is 8.41. The highest BCUT2D eigenvalue weighted by Gasteiger charge is 2.21. The topological polar surface area (TPSA) is 70.7 Å². The van der Waals surface area contributed by atoms with Crippen LogP contribution in [0.2, 0.25) is 5.02 Å². The lowest BCUT2D eigenvalue weighted by Crippen LogP contribution is -2.40. The molecule has 2 aromatic rings. The molecule has 7 heteroatoms. The number of fused-ring (bicyclic) bond motifs is 1. The number of anilines is 1. The van der Waals surface area contributed by atoms with Crippen molar-refractivity contribution in [3.63, 3.8) is 0 Å². The predicted octanol–water partition coefficient (Wildman–Crippen LogP) is 2.63. The van der Waals surface area contributed by atoms with Crippen LogP contribution in [0.1, 0.15) is 17.2 Å². The lowest BCUT2D eigenvalue weighted by molar-refractivity contribution is -0.136. The summed E-state index contributed by atoms with van der Waals surface area (Å²) in [5, 5.41) is 5.61. The van der Waals surface area contributed by atoms with Crippen molar-refractivity contribution in [3.05, 3.63) is 58.6 Å². The van der Waals surface area contributed by atoms with Crippen molar-refractivity contribution in [1.82, 2.24) is 10.2 Å². The molecule has 0 fully saturated rings. The number of hydrogen-bond acceptors (Lipinski definition) is 4. The summed E-state index contributed by atoms with van der Waals surface area (Å²) in [6.45, 7) is 1.01. The normalized spacial score (nSPS) is 13.6. The van der Waals surface area contributed by atoms with Crippen LogP contribution >= 0.6 is 11.6 Å². The fourth-order valence-corrected chi connectivity index (χ4v) is 3.21. The Morgan fingerprint density at radius 1 is 1.19 bits per heavy atom. The van der Waals surface area contributed by atoms with E-state index in [0.717, 1.165) is 17.7 Å². The smallest absolute Gasteiger partial charge is 0.313 e. The van der Waals surface area contributed by atoms with Gasteiger partial charge in [-0.05, 0) is 43.4 Å². The molecule has 0 aliphatic carbocycles. The number of benzene rings is 2.